The van der Waals surface area contributed by atoms with Crippen molar-refractivity contribution in [3.8, 4) is 11.5 Å². The number of halogens is 4. The van der Waals surface area contributed by atoms with E-state index in [9.17, 15) is 26.4 Å². The molecular weight excluding hydrogens is 381 g/mol. The molecular formula is C16H10ClF3O4S. The Labute approximate surface area is 146 Å². The highest BCUT2D eigenvalue weighted by molar-refractivity contribution is 7.91. The number of sulfone groups is 1. The van der Waals surface area contributed by atoms with Crippen LogP contribution in [0.15, 0.2) is 35.2 Å². The predicted octanol–water partition coefficient (Wildman–Crippen LogP) is 4.40. The summed E-state index contributed by atoms with van der Waals surface area (Å²) in [6, 6.07) is 5.53. The highest BCUT2D eigenvalue weighted by Crippen LogP contribution is 2.39. The number of carbonyl (C=O) groups excluding carboxylic acids is 1. The first-order valence-corrected chi connectivity index (χ1v) is 8.97. The normalized spacial score (nSPS) is 14.0. The molecule has 0 unspecified atom stereocenters. The molecule has 0 spiro atoms. The Kier molecular flexibility index (Phi) is 4.51. The Bertz CT molecular complexity index is 953. The smallest absolute Gasteiger partial charge is 0.341 e. The molecule has 132 valence electrons. The van der Waals surface area contributed by atoms with Crippen LogP contribution in [0.5, 0.6) is 11.5 Å². The fourth-order valence-corrected chi connectivity index (χ4v) is 3.85. The van der Waals surface area contributed by atoms with Crippen molar-refractivity contribution in [1.82, 2.24) is 0 Å². The van der Waals surface area contributed by atoms with Gasteiger partial charge in [-0.2, -0.15) is 8.78 Å². The lowest BCUT2D eigenvalue weighted by atomic mass is 10.1. The molecule has 2 aromatic rings. The molecule has 1 aliphatic carbocycles. The Morgan fingerprint density at radius 2 is 1.84 bits per heavy atom. The van der Waals surface area contributed by atoms with Crippen LogP contribution < -0.4 is 4.74 Å². The van der Waals surface area contributed by atoms with Gasteiger partial charge in [0.2, 0.25) is 9.84 Å². The summed E-state index contributed by atoms with van der Waals surface area (Å²) in [6.45, 7) is 0. The van der Waals surface area contributed by atoms with Gasteiger partial charge in [-0.05, 0) is 30.7 Å². The van der Waals surface area contributed by atoms with Crippen molar-refractivity contribution in [3.63, 3.8) is 0 Å². The van der Waals surface area contributed by atoms with Gasteiger partial charge < -0.3 is 4.74 Å². The lowest BCUT2D eigenvalue weighted by Gasteiger charge is -2.13. The predicted molar refractivity (Wildman–Crippen MR) is 83.8 cm³/mol. The molecule has 3 rings (SSSR count). The van der Waals surface area contributed by atoms with E-state index in [-0.39, 0.29) is 40.5 Å². The molecule has 9 heteroatoms. The first-order valence-electron chi connectivity index (χ1n) is 7.05. The highest BCUT2D eigenvalue weighted by Gasteiger charge is 2.36. The first-order chi connectivity index (χ1) is 11.7. The van der Waals surface area contributed by atoms with Gasteiger partial charge in [0.1, 0.15) is 17.3 Å². The van der Waals surface area contributed by atoms with E-state index in [0.29, 0.717) is 0 Å². The van der Waals surface area contributed by atoms with Crippen LogP contribution in [-0.4, -0.2) is 20.0 Å². The van der Waals surface area contributed by atoms with Gasteiger partial charge in [0.05, 0.1) is 4.90 Å². The van der Waals surface area contributed by atoms with Crippen molar-refractivity contribution in [2.24, 2.45) is 0 Å². The van der Waals surface area contributed by atoms with Gasteiger partial charge in [-0.1, -0.05) is 11.6 Å². The standard InChI is InChI=1S/C16H10ClF3O4S/c17-8-5-9(18)7-10(6-8)24-13-3-4-14(25(22,23)16(19)20)15-11(13)1-2-12(15)21/h3-7,16H,1-2H2. The van der Waals surface area contributed by atoms with Crippen molar-refractivity contribution in [3.05, 3.63) is 52.3 Å². The Morgan fingerprint density at radius 1 is 1.12 bits per heavy atom. The molecule has 0 saturated carbocycles. The summed E-state index contributed by atoms with van der Waals surface area (Å²) in [5, 5.41) is 0.0830. The van der Waals surface area contributed by atoms with E-state index in [0.717, 1.165) is 18.2 Å². The fraction of sp³-hybridized carbons (Fsp3) is 0.188. The van der Waals surface area contributed by atoms with Crippen LogP contribution in [0.25, 0.3) is 0 Å². The van der Waals surface area contributed by atoms with Crippen LogP contribution in [0.1, 0.15) is 22.3 Å². The Balaban J connectivity index is 2.11. The summed E-state index contributed by atoms with van der Waals surface area (Å²) in [6.07, 6.45) is 0.116. The lowest BCUT2D eigenvalue weighted by molar-refractivity contribution is 0.0991. The van der Waals surface area contributed by atoms with E-state index >= 15 is 0 Å². The third kappa shape index (κ3) is 3.23. The van der Waals surface area contributed by atoms with Gasteiger partial charge in [-0.3, -0.25) is 4.79 Å². The molecule has 0 radical (unpaired) electrons. The largest absolute Gasteiger partial charge is 0.457 e. The maximum absolute atomic E-state index is 13.4. The van der Waals surface area contributed by atoms with Crippen molar-refractivity contribution in [2.45, 2.75) is 23.5 Å². The lowest BCUT2D eigenvalue weighted by Crippen LogP contribution is -2.15. The maximum Gasteiger partial charge on any atom is 0.341 e. The zero-order chi connectivity index (χ0) is 18.4. The van der Waals surface area contributed by atoms with Gasteiger partial charge in [-0.25, -0.2) is 12.8 Å². The molecule has 0 atom stereocenters. The van der Waals surface area contributed by atoms with Crippen LogP contribution in [0.3, 0.4) is 0 Å². The summed E-state index contributed by atoms with van der Waals surface area (Å²) < 4.78 is 68.2. The molecule has 0 aliphatic heterocycles. The maximum atomic E-state index is 13.4. The van der Waals surface area contributed by atoms with Gasteiger partial charge in [0.25, 0.3) is 0 Å². The average Bonchev–Trinajstić information content (AvgIpc) is 2.89. The molecule has 0 bridgehead atoms. The molecule has 4 nitrogen and oxygen atoms in total. The quantitative estimate of drug-likeness (QED) is 0.776. The van der Waals surface area contributed by atoms with Gasteiger partial charge >= 0.3 is 5.76 Å². The van der Waals surface area contributed by atoms with Gasteiger partial charge in [0.15, 0.2) is 5.78 Å². The molecule has 0 heterocycles. The topological polar surface area (TPSA) is 60.4 Å². The van der Waals surface area contributed by atoms with E-state index < -0.39 is 32.1 Å². The van der Waals surface area contributed by atoms with Crippen molar-refractivity contribution >= 4 is 27.2 Å². The number of rotatable bonds is 4. The van der Waals surface area contributed by atoms with Crippen molar-refractivity contribution in [1.29, 1.82) is 0 Å². The van der Waals surface area contributed by atoms with Crippen molar-refractivity contribution in [2.75, 3.05) is 0 Å². The summed E-state index contributed by atoms with van der Waals surface area (Å²) >= 11 is 5.74. The molecule has 25 heavy (non-hydrogen) atoms. The number of carbonyl (C=O) groups is 1. The van der Waals surface area contributed by atoms with Crippen LogP contribution in [0.2, 0.25) is 5.02 Å². The number of ether oxygens (including phenoxy) is 1. The molecule has 0 fully saturated rings. The molecule has 0 amide bonds. The van der Waals surface area contributed by atoms with Crippen molar-refractivity contribution < 1.29 is 31.1 Å². The number of hydrogen-bond acceptors (Lipinski definition) is 4. The SMILES string of the molecule is O=C1CCc2c(Oc3cc(F)cc(Cl)c3)ccc(S(=O)(=O)C(F)F)c21. The zero-order valence-electron chi connectivity index (χ0n) is 12.4. The average molecular weight is 391 g/mol. The molecule has 2 aromatic carbocycles. The Hall–Kier alpha value is -2.06. The summed E-state index contributed by atoms with van der Waals surface area (Å²) in [5.41, 5.74) is -0.0904. The second-order valence-corrected chi connectivity index (χ2v) is 7.67. The van der Waals surface area contributed by atoms with E-state index in [1.807, 2.05) is 0 Å². The minimum absolute atomic E-state index is 0.0224. The summed E-state index contributed by atoms with van der Waals surface area (Å²) in [7, 11) is -4.93. The molecule has 1 aliphatic rings. The third-order valence-electron chi connectivity index (χ3n) is 3.72. The summed E-state index contributed by atoms with van der Waals surface area (Å²) in [4.78, 5) is 11.3. The molecule has 0 aromatic heterocycles. The number of fused-ring (bicyclic) bond motifs is 1. The third-order valence-corrected chi connectivity index (χ3v) is 5.36. The number of ketones is 1. The number of Topliss-reactive ketones (excluding diaryl/α,β-unsaturated/α-hetero) is 1. The minimum atomic E-state index is -4.93. The minimum Gasteiger partial charge on any atom is -0.457 e. The van der Waals surface area contributed by atoms with Gasteiger partial charge in [-0.15, -0.1) is 0 Å². The first kappa shape index (κ1) is 17.8. The van der Waals surface area contributed by atoms with E-state index in [1.54, 1.807) is 0 Å². The van der Waals surface area contributed by atoms with Gasteiger partial charge in [0, 0.05) is 28.6 Å². The second-order valence-electron chi connectivity index (χ2n) is 5.35. The summed E-state index contributed by atoms with van der Waals surface area (Å²) in [5.74, 6) is -4.71. The van der Waals surface area contributed by atoms with Crippen LogP contribution in [0.4, 0.5) is 13.2 Å². The molecule has 0 N–H and O–H groups in total. The highest BCUT2D eigenvalue weighted by atomic mass is 35.5. The number of alkyl halides is 2. The van der Waals surface area contributed by atoms with Crippen LogP contribution >= 0.6 is 11.6 Å². The number of benzene rings is 2. The number of hydrogen-bond donors (Lipinski definition) is 0. The second kappa shape index (κ2) is 6.34. The monoisotopic (exact) mass is 390 g/mol. The Morgan fingerprint density at radius 3 is 2.48 bits per heavy atom. The fourth-order valence-electron chi connectivity index (χ4n) is 2.67. The van der Waals surface area contributed by atoms with Crippen LogP contribution in [0, 0.1) is 5.82 Å². The van der Waals surface area contributed by atoms with Crippen LogP contribution in [-0.2, 0) is 16.3 Å². The molecule has 0 saturated heterocycles. The zero-order valence-corrected chi connectivity index (χ0v) is 14.0. The van der Waals surface area contributed by atoms with E-state index in [4.69, 9.17) is 16.3 Å². The van der Waals surface area contributed by atoms with E-state index in [2.05, 4.69) is 0 Å². The van der Waals surface area contributed by atoms with E-state index in [1.165, 1.54) is 12.1 Å².